The number of nitrogens with one attached hydrogen (secondary N) is 3. The van der Waals surface area contributed by atoms with Crippen LogP contribution in [0.25, 0.3) is 0 Å². The van der Waals surface area contributed by atoms with Crippen molar-refractivity contribution in [3.05, 3.63) is 41.0 Å². The molecule has 4 amide bonds. The second-order valence-corrected chi connectivity index (χ2v) is 14.3. The average molecular weight is 684 g/mol. The summed E-state index contributed by atoms with van der Waals surface area (Å²) < 4.78 is 20.5. The molecule has 4 rings (SSSR count). The fourth-order valence-electron chi connectivity index (χ4n) is 7.56. The predicted octanol–water partition coefficient (Wildman–Crippen LogP) is 4.66. The first-order valence-corrected chi connectivity index (χ1v) is 17.8. The summed E-state index contributed by atoms with van der Waals surface area (Å²) in [5.74, 6) is -2.45. The fourth-order valence-corrected chi connectivity index (χ4v) is 7.56. The van der Waals surface area contributed by atoms with Gasteiger partial charge in [0.2, 0.25) is 17.7 Å². The van der Waals surface area contributed by atoms with E-state index in [2.05, 4.69) is 65.8 Å². The molecule has 1 saturated carbocycles. The van der Waals surface area contributed by atoms with Crippen LogP contribution in [0.1, 0.15) is 115 Å². The summed E-state index contributed by atoms with van der Waals surface area (Å²) in [6, 6.07) is 3.20. The van der Waals surface area contributed by atoms with Gasteiger partial charge in [0.05, 0.1) is 5.69 Å². The molecular formula is C36H54FN7O5. The van der Waals surface area contributed by atoms with Crippen LogP contribution in [0.5, 0.6) is 0 Å². The van der Waals surface area contributed by atoms with Crippen molar-refractivity contribution in [2.45, 2.75) is 130 Å². The number of hydrogen-bond donors (Lipinski definition) is 3. The minimum Gasteiger partial charge on any atom is -0.344 e. The average Bonchev–Trinajstić information content (AvgIpc) is 3.55. The normalized spacial score (nSPS) is 23.4. The monoisotopic (exact) mass is 683 g/mol. The Labute approximate surface area is 289 Å². The van der Waals surface area contributed by atoms with Crippen LogP contribution in [0, 0.1) is 17.7 Å². The van der Waals surface area contributed by atoms with E-state index in [4.69, 9.17) is 4.63 Å². The Hall–Kier alpha value is -3.87. The van der Waals surface area contributed by atoms with Crippen molar-refractivity contribution in [1.29, 1.82) is 0 Å². The molecule has 2 heterocycles. The van der Waals surface area contributed by atoms with Crippen LogP contribution >= 0.6 is 0 Å². The zero-order valence-corrected chi connectivity index (χ0v) is 30.2. The third kappa shape index (κ3) is 9.03. The van der Waals surface area contributed by atoms with Gasteiger partial charge in [-0.2, -0.15) is 0 Å². The van der Waals surface area contributed by atoms with Crippen LogP contribution < -0.4 is 16.0 Å². The lowest BCUT2D eigenvalue weighted by atomic mass is 9.79. The number of anilines is 1. The molecule has 0 spiro atoms. The Morgan fingerprint density at radius 2 is 1.61 bits per heavy atom. The van der Waals surface area contributed by atoms with E-state index in [1.807, 2.05) is 6.92 Å². The minimum absolute atomic E-state index is 0.0268. The Bertz CT molecular complexity index is 1460. The summed E-state index contributed by atoms with van der Waals surface area (Å²) >= 11 is 0. The Balaban J connectivity index is 1.53. The van der Waals surface area contributed by atoms with Crippen molar-refractivity contribution in [1.82, 2.24) is 30.7 Å². The minimum atomic E-state index is -0.924. The maximum atomic E-state index is 15.8. The van der Waals surface area contributed by atoms with Crippen LogP contribution in [-0.2, 0) is 20.8 Å². The number of rotatable bonds is 12. The van der Waals surface area contributed by atoms with Gasteiger partial charge in [0, 0.05) is 43.6 Å². The molecule has 1 aliphatic heterocycles. The number of hydrogen-bond acceptors (Lipinski definition) is 8. The van der Waals surface area contributed by atoms with Crippen LogP contribution in [0.2, 0.25) is 0 Å². The number of benzene rings is 1. The largest absolute Gasteiger partial charge is 0.344 e. The molecule has 2 aromatic rings. The highest BCUT2D eigenvalue weighted by Gasteiger charge is 2.39. The van der Waals surface area contributed by atoms with Gasteiger partial charge in [-0.15, -0.1) is 0 Å². The second-order valence-electron chi connectivity index (χ2n) is 14.3. The van der Waals surface area contributed by atoms with Gasteiger partial charge in [-0.1, -0.05) is 51.8 Å². The second kappa shape index (κ2) is 16.7. The topological polar surface area (TPSA) is 150 Å². The van der Waals surface area contributed by atoms with Gasteiger partial charge >= 0.3 is 0 Å². The lowest BCUT2D eigenvalue weighted by molar-refractivity contribution is -0.141. The Kier molecular flexibility index (Phi) is 12.9. The van der Waals surface area contributed by atoms with Crippen molar-refractivity contribution >= 4 is 29.3 Å². The van der Waals surface area contributed by atoms with Gasteiger partial charge in [-0.05, 0) is 81.6 Å². The highest BCUT2D eigenvalue weighted by Crippen LogP contribution is 2.32. The van der Waals surface area contributed by atoms with Crippen molar-refractivity contribution < 1.29 is 28.2 Å². The molecular weight excluding hydrogens is 629 g/mol. The van der Waals surface area contributed by atoms with Crippen molar-refractivity contribution in [2.24, 2.45) is 11.8 Å². The van der Waals surface area contributed by atoms with Crippen LogP contribution in [-0.4, -0.2) is 87.0 Å². The number of amides is 4. The van der Waals surface area contributed by atoms with Crippen LogP contribution in [0.15, 0.2) is 22.8 Å². The number of halogens is 1. The first-order chi connectivity index (χ1) is 23.2. The lowest BCUT2D eigenvalue weighted by Crippen LogP contribution is -2.63. The van der Waals surface area contributed by atoms with E-state index in [1.165, 1.54) is 12.1 Å². The zero-order chi connectivity index (χ0) is 36.0. The van der Waals surface area contributed by atoms with Gasteiger partial charge in [0.1, 0.15) is 23.6 Å². The predicted molar refractivity (Wildman–Crippen MR) is 184 cm³/mol. The van der Waals surface area contributed by atoms with Crippen LogP contribution in [0.4, 0.5) is 10.1 Å². The summed E-state index contributed by atoms with van der Waals surface area (Å²) in [6.45, 7) is 17.0. The van der Waals surface area contributed by atoms with E-state index in [-0.39, 0.29) is 47.6 Å². The molecule has 1 aromatic heterocycles. The maximum Gasteiger partial charge on any atom is 0.276 e. The van der Waals surface area contributed by atoms with Crippen LogP contribution in [0.3, 0.4) is 0 Å². The third-order valence-electron chi connectivity index (χ3n) is 10.3. The molecule has 13 heteroatoms. The molecule has 2 fully saturated rings. The van der Waals surface area contributed by atoms with Gasteiger partial charge in [0.25, 0.3) is 5.91 Å². The molecule has 2 aliphatic rings. The summed E-state index contributed by atoms with van der Waals surface area (Å²) in [4.78, 5) is 57.7. The maximum absolute atomic E-state index is 15.8. The number of carbonyl (C=O) groups excluding carboxylic acids is 4. The van der Waals surface area contributed by atoms with E-state index in [0.717, 1.165) is 25.7 Å². The van der Waals surface area contributed by atoms with Gasteiger partial charge in [0.15, 0.2) is 5.69 Å². The number of carbonyl (C=O) groups is 4. The van der Waals surface area contributed by atoms with Crippen molar-refractivity contribution in [3.63, 3.8) is 0 Å². The third-order valence-corrected chi connectivity index (χ3v) is 10.3. The van der Waals surface area contributed by atoms with Gasteiger partial charge in [-0.3, -0.25) is 24.1 Å². The van der Waals surface area contributed by atoms with Crippen molar-refractivity contribution in [2.75, 3.05) is 18.4 Å². The van der Waals surface area contributed by atoms with E-state index < -0.39 is 35.6 Å². The van der Waals surface area contributed by atoms with Crippen molar-refractivity contribution in [3.8, 4) is 0 Å². The first kappa shape index (κ1) is 37.9. The molecule has 12 nitrogen and oxygen atoms in total. The van der Waals surface area contributed by atoms with E-state index in [0.29, 0.717) is 42.7 Å². The molecule has 1 saturated heterocycles. The smallest absolute Gasteiger partial charge is 0.276 e. The fraction of sp³-hybridized carbons (Fsp3) is 0.667. The summed E-state index contributed by atoms with van der Waals surface area (Å²) in [7, 11) is 0. The molecule has 0 bridgehead atoms. The molecule has 5 atom stereocenters. The lowest BCUT2D eigenvalue weighted by Gasteiger charge is -2.47. The number of aryl methyl sites for hydroxylation is 1. The molecule has 270 valence electrons. The number of nitrogens with zero attached hydrogens (tertiary/aromatic N) is 4. The Morgan fingerprint density at radius 3 is 2.18 bits per heavy atom. The zero-order valence-electron chi connectivity index (χ0n) is 30.2. The SMILES string of the molecule is CCC(=O)N[C@@H](C(=O)N1C[C@H](C)N(C(C)C)[C@@H](C)C1)[C@@H](C)c1ccc(NC(=O)[C@@H](NC(=O)c2nonc2CC)[C@H]2CC[C@H](C)CC2)c(F)c1. The summed E-state index contributed by atoms with van der Waals surface area (Å²) in [5.41, 5.74) is 0.871. The summed E-state index contributed by atoms with van der Waals surface area (Å²) in [5, 5.41) is 15.9. The number of aromatic nitrogens is 2. The molecule has 3 N–H and O–H groups in total. The first-order valence-electron chi connectivity index (χ1n) is 17.8. The molecule has 1 aromatic carbocycles. The number of piperazine rings is 1. The molecule has 49 heavy (non-hydrogen) atoms. The van der Waals surface area contributed by atoms with Gasteiger partial charge < -0.3 is 20.9 Å². The quantitative estimate of drug-likeness (QED) is 0.293. The molecule has 1 aliphatic carbocycles. The van der Waals surface area contributed by atoms with E-state index >= 15 is 4.39 Å². The molecule has 0 radical (unpaired) electrons. The standard InChI is InChI=1S/C36H54FN7O5/c1-9-28-33(42-49-41-28)35(47)40-32(25-13-11-21(5)12-14-25)34(46)38-29-16-15-26(17-27(29)37)24(8)31(39-30(45)10-2)36(48)43-18-22(6)44(20(3)4)23(7)19-43/h15-17,20-25,31-32H,9-14,18-19H2,1-8H3,(H,38,46)(H,39,45)(H,40,47)/t21-,22-,23-,24-,25-,31+,32-/m0/s1. The summed E-state index contributed by atoms with van der Waals surface area (Å²) in [6.07, 6.45) is 3.93. The van der Waals surface area contributed by atoms with E-state index in [1.54, 1.807) is 24.8 Å². The van der Waals surface area contributed by atoms with E-state index in [9.17, 15) is 19.2 Å². The Morgan fingerprint density at radius 1 is 0.959 bits per heavy atom. The highest BCUT2D eigenvalue weighted by atomic mass is 19.1. The van der Waals surface area contributed by atoms with Gasteiger partial charge in [-0.25, -0.2) is 9.02 Å². The highest BCUT2D eigenvalue weighted by molar-refractivity contribution is 6.01. The molecule has 0 unspecified atom stereocenters.